The van der Waals surface area contributed by atoms with E-state index in [1.165, 1.54) is 27.9 Å². The Hall–Kier alpha value is -3.27. The Kier molecular flexibility index (Phi) is 5.85. The van der Waals surface area contributed by atoms with Crippen LogP contribution in [0.4, 0.5) is 16.2 Å². The summed E-state index contributed by atoms with van der Waals surface area (Å²) in [7, 11) is 0. The van der Waals surface area contributed by atoms with Gasteiger partial charge in [0.2, 0.25) is 0 Å². The van der Waals surface area contributed by atoms with E-state index in [0.717, 1.165) is 38.0 Å². The average Bonchev–Trinajstić information content (AvgIpc) is 2.84. The van der Waals surface area contributed by atoms with Gasteiger partial charge in [-0.15, -0.1) is 0 Å². The van der Waals surface area contributed by atoms with Gasteiger partial charge in [-0.3, -0.25) is 5.32 Å². The van der Waals surface area contributed by atoms with Gasteiger partial charge in [-0.05, 0) is 53.6 Å². The maximum atomic E-state index is 12.4. The third-order valence-electron chi connectivity index (χ3n) is 6.70. The molecule has 5 rings (SSSR count). The van der Waals surface area contributed by atoms with Crippen molar-refractivity contribution < 1.29 is 9.53 Å². The first-order chi connectivity index (χ1) is 15.7. The summed E-state index contributed by atoms with van der Waals surface area (Å²) in [6, 6.07) is 25.8. The van der Waals surface area contributed by atoms with Gasteiger partial charge in [-0.1, -0.05) is 67.6 Å². The molecule has 1 N–H and O–H groups in total. The summed E-state index contributed by atoms with van der Waals surface area (Å²) in [5.74, 6) is 0.647. The molecule has 0 aliphatic carbocycles. The van der Waals surface area contributed by atoms with Crippen molar-refractivity contribution in [3.63, 3.8) is 0 Å². The smallest absolute Gasteiger partial charge is 0.411 e. The van der Waals surface area contributed by atoms with Crippen LogP contribution in [0.15, 0.2) is 72.8 Å². The lowest BCUT2D eigenvalue weighted by molar-refractivity contribution is 0.161. The molecule has 164 valence electrons. The van der Waals surface area contributed by atoms with Crippen molar-refractivity contribution in [1.82, 2.24) is 0 Å². The second-order valence-corrected chi connectivity index (χ2v) is 8.76. The zero-order valence-electron chi connectivity index (χ0n) is 18.6. The largest absolute Gasteiger partial charge is 0.449 e. The quantitative estimate of drug-likeness (QED) is 0.505. The highest BCUT2D eigenvalue weighted by Gasteiger charge is 2.35. The minimum Gasteiger partial charge on any atom is -0.449 e. The van der Waals surface area contributed by atoms with Gasteiger partial charge in [0.15, 0.2) is 0 Å². The van der Waals surface area contributed by atoms with Crippen LogP contribution in [-0.2, 0) is 4.74 Å². The second-order valence-electron chi connectivity index (χ2n) is 8.76. The fraction of sp³-hybridized carbons (Fsp3) is 0.321. The van der Waals surface area contributed by atoms with Gasteiger partial charge < -0.3 is 9.64 Å². The molecule has 3 aromatic rings. The number of anilines is 2. The van der Waals surface area contributed by atoms with E-state index >= 15 is 0 Å². The van der Waals surface area contributed by atoms with E-state index in [1.807, 2.05) is 6.92 Å². The summed E-state index contributed by atoms with van der Waals surface area (Å²) in [4.78, 5) is 14.9. The molecule has 4 heteroatoms. The number of amides is 1. The van der Waals surface area contributed by atoms with Crippen molar-refractivity contribution in [3.8, 4) is 0 Å². The average molecular weight is 427 g/mol. The highest BCUT2D eigenvalue weighted by molar-refractivity contribution is 5.86. The number of ether oxygens (including phenoxy) is 1. The highest BCUT2D eigenvalue weighted by atomic mass is 16.5. The lowest BCUT2D eigenvalue weighted by Crippen LogP contribution is -2.37. The number of hydrogen-bond acceptors (Lipinski definition) is 3. The molecule has 0 spiro atoms. The van der Waals surface area contributed by atoms with E-state index in [9.17, 15) is 4.79 Å². The van der Waals surface area contributed by atoms with E-state index in [0.29, 0.717) is 18.4 Å². The van der Waals surface area contributed by atoms with Gasteiger partial charge in [0.1, 0.15) is 0 Å². The van der Waals surface area contributed by atoms with Gasteiger partial charge in [0.25, 0.3) is 0 Å². The molecule has 2 atom stereocenters. The van der Waals surface area contributed by atoms with Crippen LogP contribution in [0.3, 0.4) is 0 Å². The van der Waals surface area contributed by atoms with Crippen LogP contribution in [-0.4, -0.2) is 25.8 Å². The summed E-state index contributed by atoms with van der Waals surface area (Å²) in [6.07, 6.45) is 2.59. The van der Waals surface area contributed by atoms with E-state index < -0.39 is 0 Å². The lowest BCUT2D eigenvalue weighted by atomic mass is 9.76. The Balaban J connectivity index is 1.62. The molecule has 0 bridgehead atoms. The minimum absolute atomic E-state index is 0.323. The number of hydrogen-bond donors (Lipinski definition) is 1. The number of carbonyl (C=O) groups excluding carboxylic acids is 1. The van der Waals surface area contributed by atoms with Crippen LogP contribution in [0.25, 0.3) is 0 Å². The topological polar surface area (TPSA) is 41.6 Å². The van der Waals surface area contributed by atoms with Gasteiger partial charge >= 0.3 is 6.09 Å². The molecule has 2 aliphatic rings. The maximum absolute atomic E-state index is 12.4. The molecule has 0 aromatic heterocycles. The first-order valence-corrected chi connectivity index (χ1v) is 11.7. The molecule has 0 saturated heterocycles. The first-order valence-electron chi connectivity index (χ1n) is 11.7. The number of benzene rings is 3. The standard InChI is InChI=1S/C28H30N2O2/c1-2-17-32-28(31)29-22-18-25-23(20-9-5-3-6-10-20)13-15-30-16-14-24(26(19-22)27(25)30)21-11-7-4-8-12-21/h3-12,18-19,23-24H,2,13-17H2,1H3,(H,29,31). The molecule has 2 aliphatic heterocycles. The molecule has 32 heavy (non-hydrogen) atoms. The van der Waals surface area contributed by atoms with Crippen molar-refractivity contribution in [2.24, 2.45) is 0 Å². The van der Waals surface area contributed by atoms with Crippen LogP contribution in [0.1, 0.15) is 60.3 Å². The Bertz CT molecular complexity index is 1010. The zero-order chi connectivity index (χ0) is 21.9. The van der Waals surface area contributed by atoms with Crippen molar-refractivity contribution in [1.29, 1.82) is 0 Å². The summed E-state index contributed by atoms with van der Waals surface area (Å²) >= 11 is 0. The Morgan fingerprint density at radius 1 is 0.906 bits per heavy atom. The van der Waals surface area contributed by atoms with E-state index in [-0.39, 0.29) is 6.09 Å². The van der Waals surface area contributed by atoms with Crippen molar-refractivity contribution in [2.45, 2.75) is 38.0 Å². The fourth-order valence-electron chi connectivity index (χ4n) is 5.28. The normalized spacial score (nSPS) is 19.2. The Labute approximate surface area is 190 Å². The van der Waals surface area contributed by atoms with Gasteiger partial charge in [0.05, 0.1) is 6.61 Å². The van der Waals surface area contributed by atoms with E-state index in [2.05, 4.69) is 83.0 Å². The molecule has 1 amide bonds. The number of carbonyl (C=O) groups is 1. The SMILES string of the molecule is CCCOC(=O)Nc1cc2c3c(c1)C(c1ccccc1)CCN3CCC2c1ccccc1. The Morgan fingerprint density at radius 2 is 1.44 bits per heavy atom. The minimum atomic E-state index is -0.380. The van der Waals surface area contributed by atoms with Crippen LogP contribution >= 0.6 is 0 Å². The zero-order valence-corrected chi connectivity index (χ0v) is 18.6. The number of nitrogens with zero attached hydrogens (tertiary/aromatic N) is 1. The molecule has 0 saturated carbocycles. The van der Waals surface area contributed by atoms with Crippen molar-refractivity contribution in [3.05, 3.63) is 95.1 Å². The molecule has 0 fully saturated rings. The summed E-state index contributed by atoms with van der Waals surface area (Å²) in [6.45, 7) is 4.55. The monoisotopic (exact) mass is 426 g/mol. The predicted molar refractivity (Wildman–Crippen MR) is 130 cm³/mol. The first kappa shape index (κ1) is 20.6. The number of rotatable bonds is 5. The fourth-order valence-corrected chi connectivity index (χ4v) is 5.28. The molecule has 4 nitrogen and oxygen atoms in total. The second kappa shape index (κ2) is 9.07. The molecule has 2 heterocycles. The molecule has 2 unspecified atom stereocenters. The van der Waals surface area contributed by atoms with Gasteiger partial charge in [-0.25, -0.2) is 4.79 Å². The van der Waals surface area contributed by atoms with Crippen molar-refractivity contribution in [2.75, 3.05) is 29.9 Å². The third kappa shape index (κ3) is 3.97. The van der Waals surface area contributed by atoms with Gasteiger partial charge in [0, 0.05) is 36.3 Å². The Morgan fingerprint density at radius 3 is 1.94 bits per heavy atom. The molecule has 0 radical (unpaired) electrons. The van der Waals surface area contributed by atoms with Crippen LogP contribution in [0.5, 0.6) is 0 Å². The van der Waals surface area contributed by atoms with Crippen LogP contribution in [0.2, 0.25) is 0 Å². The summed E-state index contributed by atoms with van der Waals surface area (Å²) < 4.78 is 5.31. The summed E-state index contributed by atoms with van der Waals surface area (Å²) in [5.41, 5.74) is 7.48. The van der Waals surface area contributed by atoms with Gasteiger partial charge in [-0.2, -0.15) is 0 Å². The van der Waals surface area contributed by atoms with Crippen molar-refractivity contribution >= 4 is 17.5 Å². The highest BCUT2D eigenvalue weighted by Crippen LogP contribution is 2.49. The van der Waals surface area contributed by atoms with E-state index in [1.54, 1.807) is 0 Å². The lowest BCUT2D eigenvalue weighted by Gasteiger charge is -2.43. The maximum Gasteiger partial charge on any atom is 0.411 e. The van der Waals surface area contributed by atoms with E-state index in [4.69, 9.17) is 4.74 Å². The summed E-state index contributed by atoms with van der Waals surface area (Å²) in [5, 5.41) is 3.00. The third-order valence-corrected chi connectivity index (χ3v) is 6.70. The molecular formula is C28H30N2O2. The van der Waals surface area contributed by atoms with Crippen LogP contribution < -0.4 is 10.2 Å². The molecular weight excluding hydrogens is 396 g/mol. The van der Waals surface area contributed by atoms with Crippen LogP contribution in [0, 0.1) is 0 Å². The number of nitrogens with one attached hydrogen (secondary N) is 1. The molecule has 3 aromatic carbocycles. The predicted octanol–water partition coefficient (Wildman–Crippen LogP) is 6.52.